The smallest absolute Gasteiger partial charge is 0.123 e. The fraction of sp³-hybridized carbons (Fsp3) is 0.357. The fourth-order valence-electron chi connectivity index (χ4n) is 1.88. The largest absolute Gasteiger partial charge is 0.496 e. The molecule has 2 rings (SSSR count). The van der Waals surface area contributed by atoms with Gasteiger partial charge in [-0.05, 0) is 19.0 Å². The van der Waals surface area contributed by atoms with Gasteiger partial charge in [0.2, 0.25) is 0 Å². The number of imidazole rings is 1. The van der Waals surface area contributed by atoms with Gasteiger partial charge in [-0.3, -0.25) is 0 Å². The van der Waals surface area contributed by atoms with Gasteiger partial charge in [-0.25, -0.2) is 4.98 Å². The molecule has 0 unspecified atom stereocenters. The van der Waals surface area contributed by atoms with Crippen LogP contribution in [0.1, 0.15) is 12.0 Å². The third kappa shape index (κ3) is 4.93. The van der Waals surface area contributed by atoms with Crippen LogP contribution in [0.15, 0.2) is 43.0 Å². The lowest BCUT2D eigenvalue weighted by molar-refractivity contribution is 0.407. The molecule has 0 aliphatic heterocycles. The molecule has 0 radical (unpaired) electrons. The highest BCUT2D eigenvalue weighted by Crippen LogP contribution is 2.16. The number of rotatable bonds is 7. The van der Waals surface area contributed by atoms with E-state index in [9.17, 15) is 0 Å². The van der Waals surface area contributed by atoms with E-state index in [4.69, 9.17) is 4.74 Å². The normalized spacial score (nSPS) is 9.95. The number of ether oxygens (including phenoxy) is 1. The number of aromatic nitrogens is 2. The Kier molecular flexibility index (Phi) is 7.00. The maximum atomic E-state index is 5.31. The molecule has 0 fully saturated rings. The quantitative estimate of drug-likeness (QED) is 0.793. The molecular weight excluding hydrogens is 262 g/mol. The van der Waals surface area contributed by atoms with Gasteiger partial charge < -0.3 is 14.6 Å². The van der Waals surface area contributed by atoms with Crippen LogP contribution in [0, 0.1) is 0 Å². The van der Waals surface area contributed by atoms with E-state index in [-0.39, 0.29) is 12.4 Å². The molecule has 1 aromatic carbocycles. The number of halogens is 1. The Balaban J connectivity index is 0.00000180. The van der Waals surface area contributed by atoms with E-state index in [0.29, 0.717) is 0 Å². The summed E-state index contributed by atoms with van der Waals surface area (Å²) in [5.74, 6) is 0.944. The van der Waals surface area contributed by atoms with Crippen molar-refractivity contribution in [3.8, 4) is 5.75 Å². The average molecular weight is 282 g/mol. The van der Waals surface area contributed by atoms with Crippen LogP contribution in [0.25, 0.3) is 0 Å². The first-order valence-corrected chi connectivity index (χ1v) is 6.18. The zero-order valence-electron chi connectivity index (χ0n) is 11.1. The Bertz CT molecular complexity index is 459. The molecule has 104 valence electrons. The highest BCUT2D eigenvalue weighted by atomic mass is 35.5. The summed E-state index contributed by atoms with van der Waals surface area (Å²) >= 11 is 0. The van der Waals surface area contributed by atoms with E-state index >= 15 is 0 Å². The van der Waals surface area contributed by atoms with Gasteiger partial charge in [0.05, 0.1) is 13.4 Å². The van der Waals surface area contributed by atoms with Crippen molar-refractivity contribution in [1.29, 1.82) is 0 Å². The number of hydrogen-bond donors (Lipinski definition) is 1. The molecule has 4 nitrogen and oxygen atoms in total. The molecule has 0 atom stereocenters. The molecule has 1 N–H and O–H groups in total. The summed E-state index contributed by atoms with van der Waals surface area (Å²) in [6, 6.07) is 8.09. The first-order chi connectivity index (χ1) is 8.90. The van der Waals surface area contributed by atoms with Gasteiger partial charge in [0.15, 0.2) is 0 Å². The lowest BCUT2D eigenvalue weighted by atomic mass is 10.2. The third-order valence-electron chi connectivity index (χ3n) is 2.84. The summed E-state index contributed by atoms with van der Waals surface area (Å²) < 4.78 is 7.40. The molecular formula is C14H20ClN3O. The van der Waals surface area contributed by atoms with E-state index in [1.165, 1.54) is 5.56 Å². The fourth-order valence-corrected chi connectivity index (χ4v) is 1.88. The second-order valence-corrected chi connectivity index (χ2v) is 4.14. The van der Waals surface area contributed by atoms with Crippen molar-refractivity contribution in [2.75, 3.05) is 13.7 Å². The van der Waals surface area contributed by atoms with Gasteiger partial charge in [0.1, 0.15) is 5.75 Å². The second kappa shape index (κ2) is 8.56. The van der Waals surface area contributed by atoms with Crippen LogP contribution in [-0.4, -0.2) is 23.2 Å². The Labute approximate surface area is 120 Å². The topological polar surface area (TPSA) is 39.1 Å². The van der Waals surface area contributed by atoms with Crippen molar-refractivity contribution in [3.05, 3.63) is 48.5 Å². The average Bonchev–Trinajstić information content (AvgIpc) is 2.92. The molecule has 1 heterocycles. The van der Waals surface area contributed by atoms with E-state index in [1.54, 1.807) is 7.11 Å². The first-order valence-electron chi connectivity index (χ1n) is 6.18. The lowest BCUT2D eigenvalue weighted by Crippen LogP contribution is -2.16. The number of aryl methyl sites for hydroxylation is 1. The zero-order chi connectivity index (χ0) is 12.6. The van der Waals surface area contributed by atoms with Crippen LogP contribution in [0.4, 0.5) is 0 Å². The Morgan fingerprint density at radius 1 is 1.32 bits per heavy atom. The van der Waals surface area contributed by atoms with Gasteiger partial charge >= 0.3 is 0 Å². The number of para-hydroxylation sites is 1. The molecule has 19 heavy (non-hydrogen) atoms. The molecule has 0 saturated carbocycles. The summed E-state index contributed by atoms with van der Waals surface area (Å²) in [7, 11) is 1.71. The van der Waals surface area contributed by atoms with Crippen LogP contribution < -0.4 is 10.1 Å². The predicted octanol–water partition coefficient (Wildman–Crippen LogP) is 2.49. The second-order valence-electron chi connectivity index (χ2n) is 4.14. The number of hydrogen-bond acceptors (Lipinski definition) is 3. The third-order valence-corrected chi connectivity index (χ3v) is 2.84. The highest BCUT2D eigenvalue weighted by Gasteiger charge is 2.00. The molecule has 0 saturated heterocycles. The molecule has 0 aliphatic carbocycles. The van der Waals surface area contributed by atoms with Crippen LogP contribution >= 0.6 is 12.4 Å². The minimum Gasteiger partial charge on any atom is -0.496 e. The maximum absolute atomic E-state index is 5.31. The Morgan fingerprint density at radius 3 is 2.89 bits per heavy atom. The van der Waals surface area contributed by atoms with Crippen molar-refractivity contribution in [1.82, 2.24) is 14.9 Å². The SMILES string of the molecule is COc1ccccc1CNCCCn1ccnc1.Cl. The molecule has 0 bridgehead atoms. The molecule has 5 heteroatoms. The van der Waals surface area contributed by atoms with Gasteiger partial charge in [-0.1, -0.05) is 18.2 Å². The predicted molar refractivity (Wildman–Crippen MR) is 78.8 cm³/mol. The van der Waals surface area contributed by atoms with Crippen LogP contribution in [0.3, 0.4) is 0 Å². The monoisotopic (exact) mass is 281 g/mol. The van der Waals surface area contributed by atoms with Gasteiger partial charge in [0, 0.05) is 31.0 Å². The maximum Gasteiger partial charge on any atom is 0.123 e. The van der Waals surface area contributed by atoms with E-state index in [0.717, 1.165) is 31.8 Å². The molecule has 0 spiro atoms. The van der Waals surface area contributed by atoms with E-state index in [1.807, 2.05) is 36.9 Å². The molecule has 2 aromatic rings. The number of nitrogens with zero attached hydrogens (tertiary/aromatic N) is 2. The number of methoxy groups -OCH3 is 1. The molecule has 0 amide bonds. The number of nitrogens with one attached hydrogen (secondary N) is 1. The molecule has 0 aliphatic rings. The van der Waals surface area contributed by atoms with Crippen molar-refractivity contribution in [2.45, 2.75) is 19.5 Å². The van der Waals surface area contributed by atoms with Crippen molar-refractivity contribution < 1.29 is 4.74 Å². The summed E-state index contributed by atoms with van der Waals surface area (Å²) in [5, 5.41) is 3.43. The van der Waals surface area contributed by atoms with E-state index < -0.39 is 0 Å². The number of benzene rings is 1. The van der Waals surface area contributed by atoms with E-state index in [2.05, 4.69) is 20.9 Å². The minimum absolute atomic E-state index is 0. The van der Waals surface area contributed by atoms with Gasteiger partial charge in [-0.2, -0.15) is 0 Å². The standard InChI is InChI=1S/C14H19N3O.ClH/c1-18-14-6-3-2-5-13(14)11-15-7-4-9-17-10-8-16-12-17;/h2-3,5-6,8,10,12,15H,4,7,9,11H2,1H3;1H. The van der Waals surface area contributed by atoms with Gasteiger partial charge in [0.25, 0.3) is 0 Å². The minimum atomic E-state index is 0. The Hall–Kier alpha value is -1.52. The zero-order valence-corrected chi connectivity index (χ0v) is 11.9. The summed E-state index contributed by atoms with van der Waals surface area (Å²) in [5.41, 5.74) is 1.20. The van der Waals surface area contributed by atoms with Gasteiger partial charge in [-0.15, -0.1) is 12.4 Å². The van der Waals surface area contributed by atoms with Crippen molar-refractivity contribution in [2.24, 2.45) is 0 Å². The van der Waals surface area contributed by atoms with Crippen LogP contribution in [-0.2, 0) is 13.1 Å². The van der Waals surface area contributed by atoms with Crippen LogP contribution in [0.5, 0.6) is 5.75 Å². The van der Waals surface area contributed by atoms with Crippen molar-refractivity contribution >= 4 is 12.4 Å². The molecule has 1 aromatic heterocycles. The van der Waals surface area contributed by atoms with Crippen molar-refractivity contribution in [3.63, 3.8) is 0 Å². The summed E-state index contributed by atoms with van der Waals surface area (Å²) in [6.07, 6.45) is 6.73. The van der Waals surface area contributed by atoms with Crippen LogP contribution in [0.2, 0.25) is 0 Å². The Morgan fingerprint density at radius 2 is 2.16 bits per heavy atom. The first kappa shape index (κ1) is 15.5. The summed E-state index contributed by atoms with van der Waals surface area (Å²) in [6.45, 7) is 2.82. The lowest BCUT2D eigenvalue weighted by Gasteiger charge is -2.09. The summed E-state index contributed by atoms with van der Waals surface area (Å²) in [4.78, 5) is 4.02. The highest BCUT2D eigenvalue weighted by molar-refractivity contribution is 5.85.